The highest BCUT2D eigenvalue weighted by molar-refractivity contribution is 8.03. The fraction of sp³-hybridized carbons (Fsp3) is 0.458. The summed E-state index contributed by atoms with van der Waals surface area (Å²) in [4.78, 5) is 13.0. The van der Waals surface area contributed by atoms with Gasteiger partial charge in [-0.25, -0.2) is 0 Å². The maximum absolute atomic E-state index is 11.8. The van der Waals surface area contributed by atoms with Gasteiger partial charge in [0, 0.05) is 18.9 Å². The predicted octanol–water partition coefficient (Wildman–Crippen LogP) is 5.35. The van der Waals surface area contributed by atoms with Gasteiger partial charge in [-0.05, 0) is 59.1 Å². The average molecular weight is 416 g/mol. The zero-order chi connectivity index (χ0) is 21.2. The van der Waals surface area contributed by atoms with E-state index in [4.69, 9.17) is 9.47 Å². The molecule has 5 heteroatoms. The number of fused-ring (bicyclic) bond motifs is 1. The van der Waals surface area contributed by atoms with Gasteiger partial charge in [0.25, 0.3) is 0 Å². The average Bonchev–Trinajstić information content (AvgIpc) is 2.72. The molecule has 1 aromatic carbocycles. The van der Waals surface area contributed by atoms with Crippen LogP contribution in [0.5, 0.6) is 5.75 Å². The lowest BCUT2D eigenvalue weighted by Gasteiger charge is -2.22. The molecule has 0 saturated heterocycles. The van der Waals surface area contributed by atoms with E-state index >= 15 is 0 Å². The fourth-order valence-electron chi connectivity index (χ4n) is 3.38. The number of hydrogen-bond acceptors (Lipinski definition) is 4. The molecule has 0 fully saturated rings. The standard InChI is InChI=1S/C24H33NO3S/c1-6-24(26)25-22(13-17(2)27-4)11-12-29-18(3)14-19-7-8-21-16-23(28-5)10-9-20(21)15-19/h7-10,16,19,22H,2-3,6,11-15H2,1,4-5H3,(H,25,26). The van der Waals surface area contributed by atoms with E-state index in [-0.39, 0.29) is 11.9 Å². The second kappa shape index (κ2) is 11.8. The first-order valence-electron chi connectivity index (χ1n) is 10.1. The maximum Gasteiger partial charge on any atom is 0.219 e. The number of methoxy groups -OCH3 is 2. The Morgan fingerprint density at radius 2 is 2.14 bits per heavy atom. The predicted molar refractivity (Wildman–Crippen MR) is 123 cm³/mol. The van der Waals surface area contributed by atoms with Crippen molar-refractivity contribution in [2.45, 2.75) is 45.1 Å². The Labute approximate surface area is 179 Å². The van der Waals surface area contributed by atoms with E-state index in [0.717, 1.165) is 30.8 Å². The normalized spacial score (nSPS) is 15.9. The van der Waals surface area contributed by atoms with Crippen molar-refractivity contribution < 1.29 is 14.3 Å². The Balaban J connectivity index is 1.80. The highest BCUT2D eigenvalue weighted by atomic mass is 32.2. The van der Waals surface area contributed by atoms with Crippen molar-refractivity contribution in [3.63, 3.8) is 0 Å². The first kappa shape index (κ1) is 23.1. The Bertz CT molecular complexity index is 738. The summed E-state index contributed by atoms with van der Waals surface area (Å²) in [7, 11) is 3.31. The molecule has 0 spiro atoms. The third-order valence-electron chi connectivity index (χ3n) is 5.09. The number of thioether (sulfide) groups is 1. The molecule has 2 unspecified atom stereocenters. The topological polar surface area (TPSA) is 47.6 Å². The highest BCUT2D eigenvalue weighted by Crippen LogP contribution is 2.32. The molecule has 158 valence electrons. The monoisotopic (exact) mass is 415 g/mol. The van der Waals surface area contributed by atoms with E-state index in [1.807, 2.05) is 13.0 Å². The Kier molecular flexibility index (Phi) is 9.39. The van der Waals surface area contributed by atoms with Crippen LogP contribution in [0, 0.1) is 5.92 Å². The Morgan fingerprint density at radius 1 is 1.34 bits per heavy atom. The number of nitrogens with one attached hydrogen (secondary N) is 1. The molecule has 0 bridgehead atoms. The number of allylic oxidation sites excluding steroid dienone is 2. The SMILES string of the molecule is C=C(CC(CCSC(=C)CC1C=Cc2cc(OC)ccc2C1)NC(=O)CC)OC. The van der Waals surface area contributed by atoms with Crippen molar-refractivity contribution in [1.29, 1.82) is 0 Å². The lowest BCUT2D eigenvalue weighted by Crippen LogP contribution is -2.35. The van der Waals surface area contributed by atoms with Gasteiger partial charge in [-0.2, -0.15) is 0 Å². The molecule has 1 N–H and O–H groups in total. The summed E-state index contributed by atoms with van der Waals surface area (Å²) in [6, 6.07) is 6.32. The molecule has 1 aliphatic rings. The number of rotatable bonds is 12. The third kappa shape index (κ3) is 7.65. The number of amides is 1. The molecule has 0 aromatic heterocycles. The van der Waals surface area contributed by atoms with Crippen molar-refractivity contribution in [2.24, 2.45) is 5.92 Å². The highest BCUT2D eigenvalue weighted by Gasteiger charge is 2.17. The largest absolute Gasteiger partial charge is 0.502 e. The van der Waals surface area contributed by atoms with Crippen LogP contribution in [0.4, 0.5) is 0 Å². The minimum Gasteiger partial charge on any atom is -0.502 e. The van der Waals surface area contributed by atoms with Crippen molar-refractivity contribution >= 4 is 23.7 Å². The van der Waals surface area contributed by atoms with Crippen LogP contribution in [0.15, 0.2) is 48.1 Å². The minimum atomic E-state index is 0.0478. The van der Waals surface area contributed by atoms with Gasteiger partial charge in [0.05, 0.1) is 20.0 Å². The molecular formula is C24H33NO3S. The molecule has 29 heavy (non-hydrogen) atoms. The van der Waals surface area contributed by atoms with Crippen LogP contribution in [0.2, 0.25) is 0 Å². The van der Waals surface area contributed by atoms with Crippen LogP contribution in [0.3, 0.4) is 0 Å². The molecule has 1 aromatic rings. The van der Waals surface area contributed by atoms with Crippen LogP contribution < -0.4 is 10.1 Å². The van der Waals surface area contributed by atoms with Crippen molar-refractivity contribution in [3.8, 4) is 5.75 Å². The van der Waals surface area contributed by atoms with Gasteiger partial charge in [-0.3, -0.25) is 4.79 Å². The number of carbonyl (C=O) groups is 1. The first-order valence-corrected chi connectivity index (χ1v) is 11.1. The van der Waals surface area contributed by atoms with Crippen LogP contribution in [0.1, 0.15) is 43.7 Å². The molecule has 0 heterocycles. The zero-order valence-corrected chi connectivity index (χ0v) is 18.6. The molecular weight excluding hydrogens is 382 g/mol. The van der Waals surface area contributed by atoms with Gasteiger partial charge < -0.3 is 14.8 Å². The molecule has 2 atom stereocenters. The summed E-state index contributed by atoms with van der Waals surface area (Å²) in [6.07, 6.45) is 8.44. The van der Waals surface area contributed by atoms with Gasteiger partial charge in [-0.15, -0.1) is 11.8 Å². The number of ether oxygens (including phenoxy) is 2. The summed E-state index contributed by atoms with van der Waals surface area (Å²) in [6.45, 7) is 10.0. The van der Waals surface area contributed by atoms with Crippen LogP contribution >= 0.6 is 11.8 Å². The number of hydrogen-bond donors (Lipinski definition) is 1. The van der Waals surface area contributed by atoms with Gasteiger partial charge in [0.15, 0.2) is 0 Å². The molecule has 1 aliphatic carbocycles. The van der Waals surface area contributed by atoms with Crippen LogP contribution in [0.25, 0.3) is 6.08 Å². The summed E-state index contributed by atoms with van der Waals surface area (Å²) < 4.78 is 10.5. The number of benzene rings is 1. The van der Waals surface area contributed by atoms with Crippen molar-refractivity contribution in [3.05, 3.63) is 59.2 Å². The first-order chi connectivity index (χ1) is 13.9. The van der Waals surface area contributed by atoms with Gasteiger partial charge >= 0.3 is 0 Å². The van der Waals surface area contributed by atoms with E-state index in [1.54, 1.807) is 26.0 Å². The van der Waals surface area contributed by atoms with E-state index in [0.29, 0.717) is 24.5 Å². The van der Waals surface area contributed by atoms with E-state index in [2.05, 4.69) is 42.8 Å². The molecule has 1 amide bonds. The Hall–Kier alpha value is -2.14. The lowest BCUT2D eigenvalue weighted by molar-refractivity contribution is -0.121. The minimum absolute atomic E-state index is 0.0478. The summed E-state index contributed by atoms with van der Waals surface area (Å²) in [5, 5.41) is 3.06. The molecule has 0 radical (unpaired) electrons. The summed E-state index contributed by atoms with van der Waals surface area (Å²) in [5.74, 6) is 3.03. The van der Waals surface area contributed by atoms with Gasteiger partial charge in [-0.1, -0.05) is 38.3 Å². The van der Waals surface area contributed by atoms with Crippen molar-refractivity contribution in [2.75, 3.05) is 20.0 Å². The van der Waals surface area contributed by atoms with E-state index in [1.165, 1.54) is 16.0 Å². The molecule has 4 nitrogen and oxygen atoms in total. The lowest BCUT2D eigenvalue weighted by atomic mass is 9.87. The quantitative estimate of drug-likeness (QED) is 0.467. The van der Waals surface area contributed by atoms with E-state index < -0.39 is 0 Å². The summed E-state index contributed by atoms with van der Waals surface area (Å²) in [5.41, 5.74) is 2.60. The van der Waals surface area contributed by atoms with Crippen molar-refractivity contribution in [1.82, 2.24) is 5.32 Å². The molecule has 2 rings (SSSR count). The number of carbonyl (C=O) groups excluding carboxylic acids is 1. The summed E-state index contributed by atoms with van der Waals surface area (Å²) >= 11 is 1.79. The Morgan fingerprint density at radius 3 is 2.83 bits per heavy atom. The van der Waals surface area contributed by atoms with Gasteiger partial charge in [0.1, 0.15) is 5.75 Å². The van der Waals surface area contributed by atoms with Crippen LogP contribution in [-0.4, -0.2) is 31.9 Å². The maximum atomic E-state index is 11.8. The second-order valence-electron chi connectivity index (χ2n) is 7.33. The molecule has 0 saturated carbocycles. The third-order valence-corrected chi connectivity index (χ3v) is 6.11. The van der Waals surface area contributed by atoms with E-state index in [9.17, 15) is 4.79 Å². The second-order valence-corrected chi connectivity index (χ2v) is 8.61. The molecule has 0 aliphatic heterocycles. The van der Waals surface area contributed by atoms with Gasteiger partial charge in [0.2, 0.25) is 5.91 Å². The fourth-order valence-corrected chi connectivity index (χ4v) is 4.40. The van der Waals surface area contributed by atoms with Crippen LogP contribution in [-0.2, 0) is 16.0 Å². The smallest absolute Gasteiger partial charge is 0.219 e. The zero-order valence-electron chi connectivity index (χ0n) is 17.8.